The summed E-state index contributed by atoms with van der Waals surface area (Å²) in [6.45, 7) is 0.309. The van der Waals surface area contributed by atoms with Gasteiger partial charge >= 0.3 is 0 Å². The smallest absolute Gasteiger partial charge is 0.173 e. The number of ether oxygens (including phenoxy) is 1. The summed E-state index contributed by atoms with van der Waals surface area (Å²) in [6.07, 6.45) is 2.26. The lowest BCUT2D eigenvalue weighted by atomic mass is 10.0. The van der Waals surface area contributed by atoms with Gasteiger partial charge in [0.15, 0.2) is 11.6 Å². The van der Waals surface area contributed by atoms with Crippen LogP contribution in [-0.2, 0) is 0 Å². The Balaban J connectivity index is 2.00. The molecule has 98 valence electrons. The van der Waals surface area contributed by atoms with Crippen molar-refractivity contribution in [2.24, 2.45) is 16.3 Å². The van der Waals surface area contributed by atoms with Gasteiger partial charge in [-0.2, -0.15) is 0 Å². The van der Waals surface area contributed by atoms with Gasteiger partial charge in [-0.05, 0) is 25.0 Å². The average molecular weight is 273 g/mol. The summed E-state index contributed by atoms with van der Waals surface area (Å²) < 4.78 is 18.9. The number of benzene rings is 1. The van der Waals surface area contributed by atoms with E-state index in [0.717, 1.165) is 12.8 Å². The molecule has 1 fully saturated rings. The molecule has 0 radical (unpaired) electrons. The summed E-state index contributed by atoms with van der Waals surface area (Å²) in [7, 11) is 0. The van der Waals surface area contributed by atoms with Crippen LogP contribution >= 0.6 is 11.6 Å². The van der Waals surface area contributed by atoms with E-state index < -0.39 is 5.82 Å². The molecule has 0 aromatic heterocycles. The van der Waals surface area contributed by atoms with Crippen LogP contribution in [0.25, 0.3) is 0 Å². The standard InChI is InChI=1S/C12H14ClFN2O2/c13-8-2-1-3-9(14)11(8)18-7-12(4-5-12)6-10(15)16-17/h1-3,17H,4-7H2,(H2,15,16). The van der Waals surface area contributed by atoms with Crippen LogP contribution in [0.15, 0.2) is 23.4 Å². The largest absolute Gasteiger partial charge is 0.488 e. The molecule has 0 unspecified atom stereocenters. The lowest BCUT2D eigenvalue weighted by molar-refractivity contribution is 0.227. The topological polar surface area (TPSA) is 67.8 Å². The molecule has 18 heavy (non-hydrogen) atoms. The first-order valence-corrected chi connectivity index (χ1v) is 5.97. The molecule has 0 saturated heterocycles. The molecular formula is C12H14ClFN2O2. The Morgan fingerprint density at radius 1 is 1.56 bits per heavy atom. The molecule has 1 aromatic rings. The highest BCUT2D eigenvalue weighted by Gasteiger charge is 2.44. The Bertz CT molecular complexity index is 455. The first-order chi connectivity index (χ1) is 8.56. The van der Waals surface area contributed by atoms with Crippen molar-refractivity contribution >= 4 is 17.4 Å². The fourth-order valence-electron chi connectivity index (χ4n) is 1.81. The Morgan fingerprint density at radius 2 is 2.28 bits per heavy atom. The predicted octanol–water partition coefficient (Wildman–Crippen LogP) is 2.77. The van der Waals surface area contributed by atoms with Gasteiger partial charge in [-0.15, -0.1) is 0 Å². The number of halogens is 2. The molecule has 0 amide bonds. The SMILES string of the molecule is N/C(CC1(COc2c(F)cccc2Cl)CC1)=N/O. The lowest BCUT2D eigenvalue weighted by Gasteiger charge is -2.16. The Kier molecular flexibility index (Phi) is 3.61. The zero-order chi connectivity index (χ0) is 13.2. The van der Waals surface area contributed by atoms with E-state index in [1.165, 1.54) is 12.1 Å². The molecule has 6 heteroatoms. The summed E-state index contributed by atoms with van der Waals surface area (Å²) >= 11 is 5.86. The number of para-hydroxylation sites is 1. The van der Waals surface area contributed by atoms with Gasteiger partial charge in [0.25, 0.3) is 0 Å². The van der Waals surface area contributed by atoms with Crippen LogP contribution < -0.4 is 10.5 Å². The molecule has 1 aliphatic carbocycles. The van der Waals surface area contributed by atoms with Crippen molar-refractivity contribution in [3.8, 4) is 5.75 Å². The number of oxime groups is 1. The summed E-state index contributed by atoms with van der Waals surface area (Å²) in [4.78, 5) is 0. The van der Waals surface area contributed by atoms with Crippen LogP contribution in [0.1, 0.15) is 19.3 Å². The molecule has 1 saturated carbocycles. The van der Waals surface area contributed by atoms with E-state index in [1.54, 1.807) is 6.07 Å². The summed E-state index contributed by atoms with van der Waals surface area (Å²) in [5.41, 5.74) is 5.32. The third kappa shape index (κ3) is 2.85. The van der Waals surface area contributed by atoms with Crippen molar-refractivity contribution in [3.05, 3.63) is 29.0 Å². The minimum atomic E-state index is -0.484. The molecule has 0 heterocycles. The van der Waals surface area contributed by atoms with Crippen LogP contribution in [0, 0.1) is 11.2 Å². The van der Waals surface area contributed by atoms with E-state index in [2.05, 4.69) is 5.16 Å². The number of hydrogen-bond acceptors (Lipinski definition) is 3. The summed E-state index contributed by atoms with van der Waals surface area (Å²) in [6, 6.07) is 4.39. The maximum atomic E-state index is 13.5. The first-order valence-electron chi connectivity index (χ1n) is 5.59. The van der Waals surface area contributed by atoms with Crippen molar-refractivity contribution < 1.29 is 14.3 Å². The van der Waals surface area contributed by atoms with Gasteiger partial charge in [0.05, 0.1) is 11.6 Å². The lowest BCUT2D eigenvalue weighted by Crippen LogP contribution is -2.23. The second kappa shape index (κ2) is 5.02. The number of hydrogen-bond donors (Lipinski definition) is 2. The van der Waals surface area contributed by atoms with E-state index in [1.807, 2.05) is 0 Å². The zero-order valence-corrected chi connectivity index (χ0v) is 10.5. The van der Waals surface area contributed by atoms with Crippen molar-refractivity contribution in [1.29, 1.82) is 0 Å². The molecule has 0 bridgehead atoms. The van der Waals surface area contributed by atoms with E-state index >= 15 is 0 Å². The minimum absolute atomic E-state index is 0.0601. The fraction of sp³-hybridized carbons (Fsp3) is 0.417. The highest BCUT2D eigenvalue weighted by Crippen LogP contribution is 2.49. The summed E-state index contributed by atoms with van der Waals surface area (Å²) in [5, 5.41) is 11.7. The monoisotopic (exact) mass is 272 g/mol. The average Bonchev–Trinajstić information content (AvgIpc) is 3.08. The molecule has 1 aromatic carbocycles. The summed E-state index contributed by atoms with van der Waals surface area (Å²) in [5.74, 6) is -0.261. The first kappa shape index (κ1) is 13.0. The molecule has 2 rings (SSSR count). The van der Waals surface area contributed by atoms with Crippen LogP contribution in [0.5, 0.6) is 5.75 Å². The maximum absolute atomic E-state index is 13.5. The highest BCUT2D eigenvalue weighted by molar-refractivity contribution is 6.32. The molecule has 0 atom stereocenters. The van der Waals surface area contributed by atoms with Crippen LogP contribution in [0.4, 0.5) is 4.39 Å². The molecule has 0 aliphatic heterocycles. The van der Waals surface area contributed by atoms with E-state index in [4.69, 9.17) is 27.3 Å². The van der Waals surface area contributed by atoms with E-state index in [0.29, 0.717) is 13.0 Å². The normalized spacial score (nSPS) is 17.6. The number of amidine groups is 1. The van der Waals surface area contributed by atoms with Gasteiger partial charge < -0.3 is 15.7 Å². The van der Waals surface area contributed by atoms with Gasteiger partial charge in [-0.25, -0.2) is 4.39 Å². The van der Waals surface area contributed by atoms with Crippen LogP contribution in [-0.4, -0.2) is 17.6 Å². The number of rotatable bonds is 5. The minimum Gasteiger partial charge on any atom is -0.488 e. The second-order valence-corrected chi connectivity index (χ2v) is 5.01. The number of nitrogens with two attached hydrogens (primary N) is 1. The molecule has 1 aliphatic rings. The Labute approximate surface area is 109 Å². The van der Waals surface area contributed by atoms with Crippen molar-refractivity contribution in [2.45, 2.75) is 19.3 Å². The van der Waals surface area contributed by atoms with Crippen molar-refractivity contribution in [2.75, 3.05) is 6.61 Å². The predicted molar refractivity (Wildman–Crippen MR) is 66.6 cm³/mol. The Morgan fingerprint density at radius 3 is 2.83 bits per heavy atom. The fourth-order valence-corrected chi connectivity index (χ4v) is 2.03. The molecular weight excluding hydrogens is 259 g/mol. The van der Waals surface area contributed by atoms with Crippen molar-refractivity contribution in [3.63, 3.8) is 0 Å². The number of nitrogens with zero attached hydrogens (tertiary/aromatic N) is 1. The second-order valence-electron chi connectivity index (χ2n) is 4.61. The molecule has 3 N–H and O–H groups in total. The quantitative estimate of drug-likeness (QED) is 0.375. The van der Waals surface area contributed by atoms with Gasteiger partial charge in [0.2, 0.25) is 0 Å². The van der Waals surface area contributed by atoms with Gasteiger partial charge in [0.1, 0.15) is 5.84 Å². The van der Waals surface area contributed by atoms with E-state index in [-0.39, 0.29) is 22.0 Å². The Hall–Kier alpha value is -1.49. The molecule has 0 spiro atoms. The third-order valence-corrected chi connectivity index (χ3v) is 3.38. The van der Waals surface area contributed by atoms with E-state index in [9.17, 15) is 4.39 Å². The zero-order valence-electron chi connectivity index (χ0n) is 9.70. The van der Waals surface area contributed by atoms with Gasteiger partial charge in [0, 0.05) is 11.8 Å². The maximum Gasteiger partial charge on any atom is 0.173 e. The highest BCUT2D eigenvalue weighted by atomic mass is 35.5. The van der Waals surface area contributed by atoms with Crippen LogP contribution in [0.3, 0.4) is 0 Å². The van der Waals surface area contributed by atoms with Crippen LogP contribution in [0.2, 0.25) is 5.02 Å². The third-order valence-electron chi connectivity index (χ3n) is 3.08. The van der Waals surface area contributed by atoms with Gasteiger partial charge in [-0.1, -0.05) is 22.8 Å². The van der Waals surface area contributed by atoms with Gasteiger partial charge in [-0.3, -0.25) is 0 Å². The van der Waals surface area contributed by atoms with Crippen molar-refractivity contribution in [1.82, 2.24) is 0 Å². The molecule has 4 nitrogen and oxygen atoms in total.